The fourth-order valence-electron chi connectivity index (χ4n) is 2.10. The molecule has 0 amide bonds. The lowest BCUT2D eigenvalue weighted by Crippen LogP contribution is -2.39. The van der Waals surface area contributed by atoms with E-state index in [-0.39, 0.29) is 0 Å². The van der Waals surface area contributed by atoms with E-state index >= 15 is 0 Å². The molecule has 1 atom stereocenters. The monoisotopic (exact) mass is 281 g/mol. The Morgan fingerprint density at radius 3 is 2.32 bits per heavy atom. The molecule has 0 aliphatic carbocycles. The highest BCUT2D eigenvalue weighted by Gasteiger charge is 2.18. The van der Waals surface area contributed by atoms with Gasteiger partial charge in [0.2, 0.25) is 0 Å². The minimum Gasteiger partial charge on any atom is -0.388 e. The summed E-state index contributed by atoms with van der Waals surface area (Å²) in [5.74, 6) is 1.46. The van der Waals surface area contributed by atoms with Crippen molar-refractivity contribution < 1.29 is 5.11 Å². The zero-order valence-corrected chi connectivity index (χ0v) is 13.4. The van der Waals surface area contributed by atoms with Crippen molar-refractivity contribution in [3.05, 3.63) is 35.4 Å². The first-order valence-corrected chi connectivity index (χ1v) is 8.32. The predicted molar refractivity (Wildman–Crippen MR) is 85.7 cm³/mol. The lowest BCUT2D eigenvalue weighted by molar-refractivity contribution is 0.0846. The standard InChI is InChI=1S/C16H27NOS/c1-13(2)9-14-5-7-15(8-6-14)10-17-11-16(3,18)12-19-4/h5-8,13,17-18H,9-12H2,1-4H3. The van der Waals surface area contributed by atoms with Crippen molar-refractivity contribution >= 4 is 11.8 Å². The van der Waals surface area contributed by atoms with Crippen LogP contribution in [0.2, 0.25) is 0 Å². The van der Waals surface area contributed by atoms with Crippen LogP contribution in [-0.4, -0.2) is 29.3 Å². The molecule has 0 saturated carbocycles. The highest BCUT2D eigenvalue weighted by atomic mass is 32.2. The molecule has 0 aliphatic rings. The molecule has 1 rings (SSSR count). The Labute approximate surface area is 122 Å². The Bertz CT molecular complexity index is 360. The van der Waals surface area contributed by atoms with Crippen LogP contribution >= 0.6 is 11.8 Å². The number of hydrogen-bond acceptors (Lipinski definition) is 3. The second-order valence-corrected chi connectivity index (χ2v) is 6.81. The molecule has 1 aromatic rings. The van der Waals surface area contributed by atoms with Crippen molar-refractivity contribution in [3.8, 4) is 0 Å². The van der Waals surface area contributed by atoms with Crippen LogP contribution in [0.4, 0.5) is 0 Å². The number of nitrogens with one attached hydrogen (secondary N) is 1. The van der Waals surface area contributed by atoms with Gasteiger partial charge in [0.1, 0.15) is 0 Å². The van der Waals surface area contributed by atoms with Gasteiger partial charge in [-0.3, -0.25) is 0 Å². The van der Waals surface area contributed by atoms with Gasteiger partial charge >= 0.3 is 0 Å². The van der Waals surface area contributed by atoms with Gasteiger partial charge in [0.05, 0.1) is 5.60 Å². The Morgan fingerprint density at radius 1 is 1.21 bits per heavy atom. The Kier molecular flexibility index (Phi) is 6.90. The molecular formula is C16H27NOS. The number of thioether (sulfide) groups is 1. The molecule has 0 heterocycles. The molecule has 0 saturated heterocycles. The van der Waals surface area contributed by atoms with E-state index in [9.17, 15) is 5.11 Å². The van der Waals surface area contributed by atoms with E-state index in [2.05, 4.69) is 43.4 Å². The zero-order chi connectivity index (χ0) is 14.3. The molecule has 0 radical (unpaired) electrons. The minimum atomic E-state index is -0.628. The first-order valence-electron chi connectivity index (χ1n) is 6.93. The molecule has 1 unspecified atom stereocenters. The summed E-state index contributed by atoms with van der Waals surface area (Å²) in [6, 6.07) is 8.76. The lowest BCUT2D eigenvalue weighted by atomic mass is 10.0. The first-order chi connectivity index (χ1) is 8.93. The summed E-state index contributed by atoms with van der Waals surface area (Å²) in [5.41, 5.74) is 2.04. The summed E-state index contributed by atoms with van der Waals surface area (Å²) in [4.78, 5) is 0. The van der Waals surface area contributed by atoms with Gasteiger partial charge in [0.15, 0.2) is 0 Å². The molecule has 108 valence electrons. The summed E-state index contributed by atoms with van der Waals surface area (Å²) in [5, 5.41) is 13.4. The van der Waals surface area contributed by atoms with E-state index in [4.69, 9.17) is 0 Å². The fourth-order valence-corrected chi connectivity index (χ4v) is 2.83. The highest BCUT2D eigenvalue weighted by Crippen LogP contribution is 2.11. The third kappa shape index (κ3) is 7.00. The van der Waals surface area contributed by atoms with Crippen molar-refractivity contribution in [1.29, 1.82) is 0 Å². The van der Waals surface area contributed by atoms with Gasteiger partial charge in [-0.05, 0) is 36.6 Å². The molecule has 0 aliphatic heterocycles. The molecule has 1 aromatic carbocycles. The fraction of sp³-hybridized carbons (Fsp3) is 0.625. The zero-order valence-electron chi connectivity index (χ0n) is 12.6. The first kappa shape index (κ1) is 16.5. The van der Waals surface area contributed by atoms with Crippen molar-refractivity contribution in [2.24, 2.45) is 5.92 Å². The van der Waals surface area contributed by atoms with Crippen molar-refractivity contribution in [1.82, 2.24) is 5.32 Å². The molecule has 0 aromatic heterocycles. The average Bonchev–Trinajstić information content (AvgIpc) is 2.30. The van der Waals surface area contributed by atoms with Gasteiger partial charge in [-0.15, -0.1) is 0 Å². The van der Waals surface area contributed by atoms with E-state index < -0.39 is 5.60 Å². The van der Waals surface area contributed by atoms with Gasteiger partial charge < -0.3 is 10.4 Å². The van der Waals surface area contributed by atoms with Crippen LogP contribution in [0, 0.1) is 5.92 Å². The molecule has 0 bridgehead atoms. The van der Waals surface area contributed by atoms with E-state index in [1.807, 2.05) is 13.2 Å². The second kappa shape index (κ2) is 7.93. The average molecular weight is 281 g/mol. The predicted octanol–water partition coefficient (Wildman–Crippen LogP) is 3.09. The van der Waals surface area contributed by atoms with Crippen LogP contribution in [0.15, 0.2) is 24.3 Å². The minimum absolute atomic E-state index is 0.627. The van der Waals surface area contributed by atoms with Crippen molar-refractivity contribution in [3.63, 3.8) is 0 Å². The summed E-state index contributed by atoms with van der Waals surface area (Å²) < 4.78 is 0. The molecular weight excluding hydrogens is 254 g/mol. The quantitative estimate of drug-likeness (QED) is 0.768. The molecule has 3 heteroatoms. The van der Waals surface area contributed by atoms with Crippen LogP contribution < -0.4 is 5.32 Å². The van der Waals surface area contributed by atoms with Gasteiger partial charge in [0, 0.05) is 18.8 Å². The lowest BCUT2D eigenvalue weighted by Gasteiger charge is -2.22. The summed E-state index contributed by atoms with van der Waals surface area (Å²) in [7, 11) is 0. The van der Waals surface area contributed by atoms with Gasteiger partial charge in [-0.1, -0.05) is 38.1 Å². The van der Waals surface area contributed by atoms with E-state index in [1.165, 1.54) is 11.1 Å². The van der Waals surface area contributed by atoms with Crippen LogP contribution in [-0.2, 0) is 13.0 Å². The number of rotatable bonds is 8. The topological polar surface area (TPSA) is 32.3 Å². The summed E-state index contributed by atoms with van der Waals surface area (Å²) >= 11 is 1.67. The third-order valence-corrected chi connectivity index (χ3v) is 3.87. The molecule has 0 spiro atoms. The molecule has 2 nitrogen and oxygen atoms in total. The van der Waals surface area contributed by atoms with Crippen LogP contribution in [0.25, 0.3) is 0 Å². The Morgan fingerprint density at radius 2 is 1.79 bits per heavy atom. The van der Waals surface area contributed by atoms with Gasteiger partial charge in [0.25, 0.3) is 0 Å². The van der Waals surface area contributed by atoms with E-state index in [0.717, 1.165) is 18.7 Å². The summed E-state index contributed by atoms with van der Waals surface area (Å²) in [6.45, 7) is 7.79. The summed E-state index contributed by atoms with van der Waals surface area (Å²) in [6.07, 6.45) is 3.15. The number of benzene rings is 1. The highest BCUT2D eigenvalue weighted by molar-refractivity contribution is 7.98. The molecule has 0 fully saturated rings. The Hall–Kier alpha value is -0.510. The van der Waals surface area contributed by atoms with Crippen molar-refractivity contribution in [2.75, 3.05) is 18.6 Å². The SMILES string of the molecule is CSCC(C)(O)CNCc1ccc(CC(C)C)cc1. The molecule has 19 heavy (non-hydrogen) atoms. The van der Waals surface area contributed by atoms with Crippen LogP contribution in [0.3, 0.4) is 0 Å². The largest absolute Gasteiger partial charge is 0.388 e. The number of aliphatic hydroxyl groups is 1. The Balaban J connectivity index is 2.38. The van der Waals surface area contributed by atoms with Gasteiger partial charge in [-0.25, -0.2) is 0 Å². The van der Waals surface area contributed by atoms with E-state index in [0.29, 0.717) is 12.5 Å². The maximum Gasteiger partial charge on any atom is 0.0833 e. The smallest absolute Gasteiger partial charge is 0.0833 e. The molecule has 2 N–H and O–H groups in total. The normalized spacial score (nSPS) is 14.6. The van der Waals surface area contributed by atoms with Crippen LogP contribution in [0.5, 0.6) is 0 Å². The second-order valence-electron chi connectivity index (χ2n) is 5.95. The maximum atomic E-state index is 10.1. The van der Waals surface area contributed by atoms with Gasteiger partial charge in [-0.2, -0.15) is 11.8 Å². The van der Waals surface area contributed by atoms with Crippen molar-refractivity contribution in [2.45, 2.75) is 39.3 Å². The third-order valence-electron chi connectivity index (χ3n) is 2.96. The van der Waals surface area contributed by atoms with E-state index in [1.54, 1.807) is 11.8 Å². The van der Waals surface area contributed by atoms with Crippen LogP contribution in [0.1, 0.15) is 31.9 Å². The maximum absolute atomic E-state index is 10.1. The number of hydrogen-bond donors (Lipinski definition) is 2.